The zero-order valence-electron chi connectivity index (χ0n) is 11.7. The van der Waals surface area contributed by atoms with Gasteiger partial charge in [0.05, 0.1) is 12.0 Å². The van der Waals surface area contributed by atoms with Crippen LogP contribution in [-0.2, 0) is 9.59 Å². The minimum absolute atomic E-state index is 0.0567. The van der Waals surface area contributed by atoms with E-state index in [4.69, 9.17) is 0 Å². The second kappa shape index (κ2) is 6.03. The molecule has 2 amide bonds. The van der Waals surface area contributed by atoms with Gasteiger partial charge in [-0.25, -0.2) is 4.39 Å². The number of carbonyl (C=O) groups is 2. The van der Waals surface area contributed by atoms with Crippen LogP contribution in [0.2, 0.25) is 0 Å². The Morgan fingerprint density at radius 1 is 1.45 bits per heavy atom. The fourth-order valence-corrected chi connectivity index (χ4v) is 2.76. The summed E-state index contributed by atoms with van der Waals surface area (Å²) in [6.07, 6.45) is 0.775. The van der Waals surface area contributed by atoms with E-state index in [1.807, 2.05) is 6.92 Å². The molecule has 1 aliphatic heterocycles. The molecule has 0 radical (unpaired) electrons. The number of piperidine rings is 1. The van der Waals surface area contributed by atoms with Crippen LogP contribution < -0.4 is 5.32 Å². The van der Waals surface area contributed by atoms with Gasteiger partial charge < -0.3 is 10.2 Å². The second-order valence-corrected chi connectivity index (χ2v) is 5.01. The van der Waals surface area contributed by atoms with Crippen LogP contribution in [0.1, 0.15) is 31.4 Å². The Morgan fingerprint density at radius 2 is 2.15 bits per heavy atom. The Labute approximate surface area is 118 Å². The summed E-state index contributed by atoms with van der Waals surface area (Å²) in [5.41, 5.74) is 0.402. The molecule has 0 aromatic heterocycles. The van der Waals surface area contributed by atoms with Crippen LogP contribution in [0.4, 0.5) is 4.39 Å². The lowest BCUT2D eigenvalue weighted by molar-refractivity contribution is -0.141. The molecule has 1 saturated heterocycles. The first-order valence-corrected chi connectivity index (χ1v) is 6.84. The molecule has 1 fully saturated rings. The first-order chi connectivity index (χ1) is 9.56. The minimum Gasteiger partial charge on any atom is -0.356 e. The molecule has 5 heteroatoms. The van der Waals surface area contributed by atoms with Crippen LogP contribution in [0, 0.1) is 11.7 Å². The molecule has 1 aromatic carbocycles. The number of nitrogens with one attached hydrogen (secondary N) is 1. The number of amides is 2. The third-order valence-electron chi connectivity index (χ3n) is 3.77. The molecule has 1 heterocycles. The molecule has 2 rings (SSSR count). The Morgan fingerprint density at radius 3 is 2.80 bits per heavy atom. The molecule has 20 heavy (non-hydrogen) atoms. The van der Waals surface area contributed by atoms with Gasteiger partial charge >= 0.3 is 0 Å². The van der Waals surface area contributed by atoms with Crippen molar-refractivity contribution in [1.29, 1.82) is 0 Å². The van der Waals surface area contributed by atoms with Crippen molar-refractivity contribution in [2.24, 2.45) is 5.92 Å². The smallest absolute Gasteiger partial charge is 0.225 e. The highest BCUT2D eigenvalue weighted by molar-refractivity contribution is 5.84. The summed E-state index contributed by atoms with van der Waals surface area (Å²) < 4.78 is 14.0. The summed E-state index contributed by atoms with van der Waals surface area (Å²) in [5, 5.41) is 2.77. The van der Waals surface area contributed by atoms with E-state index in [0.29, 0.717) is 24.9 Å². The second-order valence-electron chi connectivity index (χ2n) is 5.01. The number of nitrogens with zero attached hydrogens (tertiary/aromatic N) is 1. The zero-order chi connectivity index (χ0) is 14.7. The number of likely N-dealkylation sites (tertiary alicyclic amines) is 1. The molecule has 0 unspecified atom stereocenters. The molecule has 108 valence electrons. The third-order valence-corrected chi connectivity index (χ3v) is 3.77. The summed E-state index contributed by atoms with van der Waals surface area (Å²) in [5.74, 6) is -0.971. The first kappa shape index (κ1) is 14.5. The standard InChI is InChI=1S/C15H19FN2O2/c1-3-17-15(20)11-8-9-13(19)18(2)14(11)10-6-4-5-7-12(10)16/h4-7,11,14H,3,8-9H2,1-2H3,(H,17,20)/t11-,14-/m1/s1. The molecule has 1 N–H and O–H groups in total. The first-order valence-electron chi connectivity index (χ1n) is 6.84. The van der Waals surface area contributed by atoms with Crippen molar-refractivity contribution in [3.05, 3.63) is 35.6 Å². The summed E-state index contributed by atoms with van der Waals surface area (Å²) in [7, 11) is 1.63. The lowest BCUT2D eigenvalue weighted by atomic mass is 9.83. The van der Waals surface area contributed by atoms with Gasteiger partial charge in [-0.3, -0.25) is 9.59 Å². The van der Waals surface area contributed by atoms with Crippen LogP contribution in [0.15, 0.2) is 24.3 Å². The van der Waals surface area contributed by atoms with Gasteiger partial charge in [0.15, 0.2) is 0 Å². The number of halogens is 1. The maximum atomic E-state index is 14.0. The van der Waals surface area contributed by atoms with Gasteiger partial charge in [0, 0.05) is 25.6 Å². The van der Waals surface area contributed by atoms with E-state index >= 15 is 0 Å². The number of carbonyl (C=O) groups excluding carboxylic acids is 2. The Hall–Kier alpha value is -1.91. The van der Waals surface area contributed by atoms with Gasteiger partial charge in [-0.15, -0.1) is 0 Å². The maximum absolute atomic E-state index is 14.0. The fraction of sp³-hybridized carbons (Fsp3) is 0.467. The van der Waals surface area contributed by atoms with Crippen LogP contribution in [-0.4, -0.2) is 30.3 Å². The lowest BCUT2D eigenvalue weighted by Crippen LogP contribution is -2.46. The van der Waals surface area contributed by atoms with Crippen LogP contribution in [0.5, 0.6) is 0 Å². The molecular formula is C15H19FN2O2. The van der Waals surface area contributed by atoms with Gasteiger partial charge in [-0.2, -0.15) is 0 Å². The molecule has 0 aliphatic carbocycles. The van der Waals surface area contributed by atoms with Crippen LogP contribution in [0.3, 0.4) is 0 Å². The minimum atomic E-state index is -0.538. The summed E-state index contributed by atoms with van der Waals surface area (Å²) in [6, 6.07) is 5.78. The van der Waals surface area contributed by atoms with Gasteiger partial charge in [-0.1, -0.05) is 18.2 Å². The van der Waals surface area contributed by atoms with Crippen molar-refractivity contribution in [3.63, 3.8) is 0 Å². The van der Waals surface area contributed by atoms with E-state index in [1.165, 1.54) is 11.0 Å². The average molecular weight is 278 g/mol. The molecular weight excluding hydrogens is 259 g/mol. The van der Waals surface area contributed by atoms with Crippen molar-refractivity contribution in [1.82, 2.24) is 10.2 Å². The average Bonchev–Trinajstić information content (AvgIpc) is 2.43. The normalized spacial score (nSPS) is 22.8. The number of benzene rings is 1. The predicted octanol–water partition coefficient (Wildman–Crippen LogP) is 1.87. The van der Waals surface area contributed by atoms with Crippen molar-refractivity contribution >= 4 is 11.8 Å². The number of rotatable bonds is 3. The third kappa shape index (κ3) is 2.66. The van der Waals surface area contributed by atoms with Crippen LogP contribution >= 0.6 is 0 Å². The van der Waals surface area contributed by atoms with Crippen LogP contribution in [0.25, 0.3) is 0 Å². The van der Waals surface area contributed by atoms with E-state index in [9.17, 15) is 14.0 Å². The predicted molar refractivity (Wildman–Crippen MR) is 73.3 cm³/mol. The molecule has 1 aromatic rings. The lowest BCUT2D eigenvalue weighted by Gasteiger charge is -2.38. The number of hydrogen-bond acceptors (Lipinski definition) is 2. The molecule has 2 atom stereocenters. The van der Waals surface area contributed by atoms with Crippen molar-refractivity contribution in [3.8, 4) is 0 Å². The van der Waals surface area contributed by atoms with Crippen molar-refractivity contribution in [2.45, 2.75) is 25.8 Å². The molecule has 0 saturated carbocycles. The highest BCUT2D eigenvalue weighted by atomic mass is 19.1. The highest BCUT2D eigenvalue weighted by Crippen LogP contribution is 2.36. The topological polar surface area (TPSA) is 49.4 Å². The summed E-state index contributed by atoms with van der Waals surface area (Å²) in [4.78, 5) is 25.5. The van der Waals surface area contributed by atoms with E-state index in [1.54, 1.807) is 25.2 Å². The largest absolute Gasteiger partial charge is 0.356 e. The Bertz CT molecular complexity index is 518. The van der Waals surface area contributed by atoms with Gasteiger partial charge in [0.2, 0.25) is 11.8 Å². The van der Waals surface area contributed by atoms with Gasteiger partial charge in [-0.05, 0) is 19.4 Å². The maximum Gasteiger partial charge on any atom is 0.225 e. The molecule has 0 spiro atoms. The van der Waals surface area contributed by atoms with E-state index in [0.717, 1.165) is 0 Å². The Balaban J connectivity index is 2.38. The van der Waals surface area contributed by atoms with E-state index < -0.39 is 12.0 Å². The van der Waals surface area contributed by atoms with Crippen molar-refractivity contribution < 1.29 is 14.0 Å². The summed E-state index contributed by atoms with van der Waals surface area (Å²) in [6.45, 7) is 2.37. The highest BCUT2D eigenvalue weighted by Gasteiger charge is 2.39. The molecule has 0 bridgehead atoms. The number of hydrogen-bond donors (Lipinski definition) is 1. The van der Waals surface area contributed by atoms with E-state index in [-0.39, 0.29) is 17.6 Å². The monoisotopic (exact) mass is 278 g/mol. The molecule has 4 nitrogen and oxygen atoms in total. The van der Waals surface area contributed by atoms with Gasteiger partial charge in [0.25, 0.3) is 0 Å². The van der Waals surface area contributed by atoms with E-state index in [2.05, 4.69) is 5.32 Å². The summed E-state index contributed by atoms with van der Waals surface area (Å²) >= 11 is 0. The quantitative estimate of drug-likeness (QED) is 0.917. The molecule has 1 aliphatic rings. The zero-order valence-corrected chi connectivity index (χ0v) is 11.7. The Kier molecular flexibility index (Phi) is 4.37. The fourth-order valence-electron chi connectivity index (χ4n) is 2.76. The van der Waals surface area contributed by atoms with Gasteiger partial charge in [0.1, 0.15) is 5.82 Å². The van der Waals surface area contributed by atoms with Crippen molar-refractivity contribution in [2.75, 3.05) is 13.6 Å². The SMILES string of the molecule is CCNC(=O)[C@@H]1CCC(=O)N(C)[C@@H]1c1ccccc1F.